The molecule has 0 aromatic carbocycles. The second kappa shape index (κ2) is 7.16. The SMILES string of the molecule is CCc1cc(C(F)(F)F)c2c([C@@H]3CCCN(C(=O)c4ccnn4C)C3)noc2n1. The molecule has 1 fully saturated rings. The minimum absolute atomic E-state index is 0.102. The van der Waals surface area contributed by atoms with Gasteiger partial charge in [0.25, 0.3) is 11.6 Å². The largest absolute Gasteiger partial charge is 0.417 e. The van der Waals surface area contributed by atoms with E-state index >= 15 is 0 Å². The van der Waals surface area contributed by atoms with Crippen molar-refractivity contribution in [2.75, 3.05) is 13.1 Å². The van der Waals surface area contributed by atoms with Crippen LogP contribution in [0.3, 0.4) is 0 Å². The number of aromatic nitrogens is 4. The molecule has 0 N–H and O–H groups in total. The molecule has 1 amide bonds. The summed E-state index contributed by atoms with van der Waals surface area (Å²) in [7, 11) is 1.67. The first-order valence-corrected chi connectivity index (χ1v) is 9.43. The maximum Gasteiger partial charge on any atom is 0.417 e. The van der Waals surface area contributed by atoms with Crippen LogP contribution in [0.1, 0.15) is 53.1 Å². The Bertz CT molecular complexity index is 1060. The summed E-state index contributed by atoms with van der Waals surface area (Å²) in [5, 5.41) is 7.85. The van der Waals surface area contributed by atoms with E-state index in [1.807, 2.05) is 0 Å². The van der Waals surface area contributed by atoms with E-state index in [-0.39, 0.29) is 35.2 Å². The van der Waals surface area contributed by atoms with Gasteiger partial charge < -0.3 is 9.42 Å². The monoisotopic (exact) mass is 407 g/mol. The van der Waals surface area contributed by atoms with Crippen molar-refractivity contribution in [1.82, 2.24) is 24.8 Å². The van der Waals surface area contributed by atoms with Gasteiger partial charge >= 0.3 is 6.18 Å². The van der Waals surface area contributed by atoms with Crippen molar-refractivity contribution in [3.63, 3.8) is 0 Å². The molecule has 1 aliphatic heterocycles. The predicted molar refractivity (Wildman–Crippen MR) is 97.3 cm³/mol. The highest BCUT2D eigenvalue weighted by atomic mass is 19.4. The molecule has 0 bridgehead atoms. The summed E-state index contributed by atoms with van der Waals surface area (Å²) in [5.74, 6) is -0.567. The fourth-order valence-electron chi connectivity index (χ4n) is 3.84. The molecule has 154 valence electrons. The smallest absolute Gasteiger partial charge is 0.337 e. The molecule has 1 atom stereocenters. The molecule has 4 heterocycles. The number of pyridine rings is 1. The van der Waals surface area contributed by atoms with E-state index in [0.717, 1.165) is 6.07 Å². The molecular weight excluding hydrogens is 387 g/mol. The number of halogens is 3. The summed E-state index contributed by atoms with van der Waals surface area (Å²) in [5.41, 5.74) is 0.0440. The Kier molecular flexibility index (Phi) is 4.79. The van der Waals surface area contributed by atoms with Crippen LogP contribution in [-0.2, 0) is 19.6 Å². The van der Waals surface area contributed by atoms with Crippen molar-refractivity contribution in [2.45, 2.75) is 38.3 Å². The number of aryl methyl sites for hydroxylation is 2. The minimum Gasteiger partial charge on any atom is -0.337 e. The first-order chi connectivity index (χ1) is 13.8. The lowest BCUT2D eigenvalue weighted by atomic mass is 9.91. The number of piperidine rings is 1. The van der Waals surface area contributed by atoms with Crippen LogP contribution in [-0.4, -0.2) is 43.8 Å². The highest BCUT2D eigenvalue weighted by molar-refractivity contribution is 5.92. The van der Waals surface area contributed by atoms with E-state index in [2.05, 4.69) is 15.2 Å². The van der Waals surface area contributed by atoms with Crippen molar-refractivity contribution >= 4 is 17.0 Å². The Balaban J connectivity index is 1.71. The number of likely N-dealkylation sites (tertiary alicyclic amines) is 1. The van der Waals surface area contributed by atoms with E-state index in [0.29, 0.717) is 37.2 Å². The van der Waals surface area contributed by atoms with Crippen LogP contribution in [0, 0.1) is 0 Å². The van der Waals surface area contributed by atoms with Crippen LogP contribution in [0.2, 0.25) is 0 Å². The van der Waals surface area contributed by atoms with E-state index in [9.17, 15) is 18.0 Å². The second-order valence-electron chi connectivity index (χ2n) is 7.19. The molecule has 0 spiro atoms. The maximum absolute atomic E-state index is 13.7. The fourth-order valence-corrected chi connectivity index (χ4v) is 3.84. The maximum atomic E-state index is 13.7. The molecule has 1 saturated heterocycles. The van der Waals surface area contributed by atoms with Gasteiger partial charge in [-0.05, 0) is 31.4 Å². The van der Waals surface area contributed by atoms with Crippen LogP contribution in [0.15, 0.2) is 22.9 Å². The Morgan fingerprint density at radius 2 is 2.17 bits per heavy atom. The van der Waals surface area contributed by atoms with Crippen molar-refractivity contribution in [3.8, 4) is 0 Å². The van der Waals surface area contributed by atoms with Crippen molar-refractivity contribution in [2.24, 2.45) is 7.05 Å². The summed E-state index contributed by atoms with van der Waals surface area (Å²) >= 11 is 0. The third-order valence-corrected chi connectivity index (χ3v) is 5.33. The van der Waals surface area contributed by atoms with Gasteiger partial charge in [-0.15, -0.1) is 0 Å². The van der Waals surface area contributed by atoms with Gasteiger partial charge in [0.15, 0.2) is 0 Å². The first kappa shape index (κ1) is 19.4. The summed E-state index contributed by atoms with van der Waals surface area (Å²) in [6.07, 6.45) is -1.39. The van der Waals surface area contributed by atoms with Crippen molar-refractivity contribution < 1.29 is 22.5 Å². The number of amides is 1. The Morgan fingerprint density at radius 1 is 1.38 bits per heavy atom. The van der Waals surface area contributed by atoms with Crippen molar-refractivity contribution in [3.05, 3.63) is 41.0 Å². The number of carbonyl (C=O) groups is 1. The molecule has 10 heteroatoms. The topological polar surface area (TPSA) is 77.0 Å². The van der Waals surface area contributed by atoms with E-state index in [4.69, 9.17) is 4.52 Å². The zero-order valence-corrected chi connectivity index (χ0v) is 16.0. The molecule has 0 radical (unpaired) electrons. The minimum atomic E-state index is -4.55. The van der Waals surface area contributed by atoms with E-state index in [1.54, 1.807) is 24.9 Å². The first-order valence-electron chi connectivity index (χ1n) is 9.43. The molecule has 0 saturated carbocycles. The third kappa shape index (κ3) is 3.47. The number of hydrogen-bond donors (Lipinski definition) is 0. The highest BCUT2D eigenvalue weighted by Crippen LogP contribution is 2.40. The zero-order valence-electron chi connectivity index (χ0n) is 16.0. The van der Waals surface area contributed by atoms with Crippen LogP contribution < -0.4 is 0 Å². The zero-order chi connectivity index (χ0) is 20.8. The van der Waals surface area contributed by atoms with Gasteiger partial charge in [0.05, 0.1) is 16.6 Å². The number of rotatable bonds is 3. The van der Waals surface area contributed by atoms with E-state index < -0.39 is 11.7 Å². The lowest BCUT2D eigenvalue weighted by Gasteiger charge is -2.32. The molecule has 0 aliphatic carbocycles. The number of carbonyl (C=O) groups excluding carboxylic acids is 1. The van der Waals surface area contributed by atoms with Crippen LogP contribution >= 0.6 is 0 Å². The van der Waals surface area contributed by atoms with Crippen molar-refractivity contribution in [1.29, 1.82) is 0 Å². The lowest BCUT2D eigenvalue weighted by Crippen LogP contribution is -2.40. The highest BCUT2D eigenvalue weighted by Gasteiger charge is 2.38. The molecule has 29 heavy (non-hydrogen) atoms. The summed E-state index contributed by atoms with van der Waals surface area (Å²) < 4.78 is 47.8. The van der Waals surface area contributed by atoms with Crippen LogP contribution in [0.4, 0.5) is 13.2 Å². The predicted octanol–water partition coefficient (Wildman–Crippen LogP) is 3.56. The van der Waals surface area contributed by atoms with Gasteiger partial charge in [-0.1, -0.05) is 12.1 Å². The third-order valence-electron chi connectivity index (χ3n) is 5.33. The van der Waals surface area contributed by atoms with Gasteiger partial charge in [-0.25, -0.2) is 4.98 Å². The van der Waals surface area contributed by atoms with Gasteiger partial charge in [0.1, 0.15) is 5.69 Å². The number of fused-ring (bicyclic) bond motifs is 1. The molecule has 4 rings (SSSR count). The Labute approximate surface area is 164 Å². The fraction of sp³-hybridized carbons (Fsp3) is 0.474. The van der Waals surface area contributed by atoms with Gasteiger partial charge in [0, 0.05) is 37.9 Å². The van der Waals surface area contributed by atoms with Crippen LogP contribution in [0.5, 0.6) is 0 Å². The normalized spacial score (nSPS) is 17.8. The average molecular weight is 407 g/mol. The van der Waals surface area contributed by atoms with Gasteiger partial charge in [-0.3, -0.25) is 9.48 Å². The van der Waals surface area contributed by atoms with Gasteiger partial charge in [-0.2, -0.15) is 18.3 Å². The standard InChI is InChI=1S/C19H20F3N5O2/c1-3-12-9-13(19(20,21)22)15-16(25-29-17(15)24-12)11-5-4-8-27(10-11)18(28)14-6-7-23-26(14)2/h6-7,9,11H,3-5,8,10H2,1-2H3/t11-/m1/s1. The molecule has 3 aromatic rings. The van der Waals surface area contributed by atoms with Crippen LogP contribution in [0.25, 0.3) is 11.1 Å². The summed E-state index contributed by atoms with van der Waals surface area (Å²) in [6, 6.07) is 2.68. The molecule has 7 nitrogen and oxygen atoms in total. The number of hydrogen-bond acceptors (Lipinski definition) is 5. The Hall–Kier alpha value is -2.91. The summed E-state index contributed by atoms with van der Waals surface area (Å²) in [6.45, 7) is 2.52. The second-order valence-corrected chi connectivity index (χ2v) is 7.19. The number of alkyl halides is 3. The quantitative estimate of drug-likeness (QED) is 0.664. The molecule has 3 aromatic heterocycles. The lowest BCUT2D eigenvalue weighted by molar-refractivity contribution is -0.136. The average Bonchev–Trinajstić information content (AvgIpc) is 3.32. The number of nitrogens with zero attached hydrogens (tertiary/aromatic N) is 5. The van der Waals surface area contributed by atoms with E-state index in [1.165, 1.54) is 10.9 Å². The molecule has 0 unspecified atom stereocenters. The van der Waals surface area contributed by atoms with Gasteiger partial charge in [0.2, 0.25) is 0 Å². The molecular formula is C19H20F3N5O2. The summed E-state index contributed by atoms with van der Waals surface area (Å²) in [4.78, 5) is 18.6. The molecule has 1 aliphatic rings. The Morgan fingerprint density at radius 3 is 2.83 bits per heavy atom.